The van der Waals surface area contributed by atoms with E-state index in [9.17, 15) is 0 Å². The van der Waals surface area contributed by atoms with Gasteiger partial charge in [0.25, 0.3) is 5.95 Å². The Morgan fingerprint density at radius 3 is 2.33 bits per heavy atom. The van der Waals surface area contributed by atoms with Crippen molar-refractivity contribution < 1.29 is 9.47 Å². The fourth-order valence-electron chi connectivity index (χ4n) is 1.30. The highest BCUT2D eigenvalue weighted by atomic mass is 16.5. The van der Waals surface area contributed by atoms with E-state index in [1.807, 2.05) is 6.07 Å². The van der Waals surface area contributed by atoms with Crippen LogP contribution in [0, 0.1) is 11.3 Å². The maximum Gasteiger partial charge on any atom is 0.259 e. The van der Waals surface area contributed by atoms with Crippen molar-refractivity contribution in [3.63, 3.8) is 0 Å². The summed E-state index contributed by atoms with van der Waals surface area (Å²) < 4.78 is 11.3. The number of nitrogen functional groups attached to an aromatic ring is 1. The molecule has 0 aliphatic rings. The number of aromatic nitrogens is 4. The fraction of sp³-hybridized carbons (Fsp3) is 0.200. The number of hydrogen-bond donors (Lipinski definition) is 1. The highest BCUT2D eigenvalue weighted by Gasteiger charge is 2.13. The molecule has 2 heterocycles. The van der Waals surface area contributed by atoms with Crippen molar-refractivity contribution in [1.82, 2.24) is 19.7 Å². The second-order valence-corrected chi connectivity index (χ2v) is 3.22. The zero-order valence-corrected chi connectivity index (χ0v) is 9.78. The quantitative estimate of drug-likeness (QED) is 0.819. The van der Waals surface area contributed by atoms with Gasteiger partial charge in [-0.1, -0.05) is 0 Å². The number of methoxy groups -OCH3 is 2. The van der Waals surface area contributed by atoms with Gasteiger partial charge >= 0.3 is 0 Å². The van der Waals surface area contributed by atoms with Gasteiger partial charge in [-0.25, -0.2) is 0 Å². The predicted molar refractivity (Wildman–Crippen MR) is 61.4 cm³/mol. The van der Waals surface area contributed by atoms with Gasteiger partial charge in [0.05, 0.1) is 26.5 Å². The van der Waals surface area contributed by atoms with E-state index in [4.69, 9.17) is 20.5 Å². The molecule has 0 aliphatic carbocycles. The first-order valence-electron chi connectivity index (χ1n) is 4.90. The molecule has 0 atom stereocenters. The van der Waals surface area contributed by atoms with Crippen molar-refractivity contribution in [2.75, 3.05) is 20.0 Å². The van der Waals surface area contributed by atoms with Gasteiger partial charge in [0, 0.05) is 0 Å². The van der Waals surface area contributed by atoms with Gasteiger partial charge in [0.2, 0.25) is 11.8 Å². The van der Waals surface area contributed by atoms with Gasteiger partial charge in [-0.15, -0.1) is 0 Å². The van der Waals surface area contributed by atoms with Crippen LogP contribution >= 0.6 is 0 Å². The SMILES string of the molecule is COc1cc(OC)nc(-n2ncc(C#N)c2N)n1. The lowest BCUT2D eigenvalue weighted by atomic mass is 10.4. The lowest BCUT2D eigenvalue weighted by Crippen LogP contribution is -2.08. The number of anilines is 1. The summed E-state index contributed by atoms with van der Waals surface area (Å²) in [6.45, 7) is 0. The Morgan fingerprint density at radius 2 is 1.89 bits per heavy atom. The summed E-state index contributed by atoms with van der Waals surface area (Å²) in [5.74, 6) is 0.952. The number of hydrogen-bond acceptors (Lipinski definition) is 7. The minimum Gasteiger partial charge on any atom is -0.481 e. The molecular weight excluding hydrogens is 236 g/mol. The second-order valence-electron chi connectivity index (χ2n) is 3.22. The van der Waals surface area contributed by atoms with Crippen molar-refractivity contribution in [3.05, 3.63) is 17.8 Å². The molecule has 0 saturated carbocycles. The zero-order chi connectivity index (χ0) is 13.1. The largest absolute Gasteiger partial charge is 0.481 e. The van der Waals surface area contributed by atoms with Crippen molar-refractivity contribution in [1.29, 1.82) is 5.26 Å². The summed E-state index contributed by atoms with van der Waals surface area (Å²) in [5.41, 5.74) is 6.00. The summed E-state index contributed by atoms with van der Waals surface area (Å²) in [5, 5.41) is 12.7. The lowest BCUT2D eigenvalue weighted by molar-refractivity contribution is 0.370. The first-order chi connectivity index (χ1) is 8.69. The van der Waals surface area contributed by atoms with Crippen LogP contribution in [-0.4, -0.2) is 34.0 Å². The van der Waals surface area contributed by atoms with Crippen molar-refractivity contribution >= 4 is 5.82 Å². The maximum atomic E-state index is 8.81. The molecule has 2 aromatic heterocycles. The Bertz CT molecular complexity index is 593. The van der Waals surface area contributed by atoms with E-state index in [0.29, 0.717) is 11.8 Å². The lowest BCUT2D eigenvalue weighted by Gasteiger charge is -2.06. The summed E-state index contributed by atoms with van der Waals surface area (Å²) in [6.07, 6.45) is 1.34. The van der Waals surface area contributed by atoms with E-state index in [1.165, 1.54) is 31.2 Å². The number of nitrogens with two attached hydrogens (primary N) is 1. The number of rotatable bonds is 3. The molecule has 8 nitrogen and oxygen atoms in total. The van der Waals surface area contributed by atoms with E-state index in [-0.39, 0.29) is 17.3 Å². The molecule has 0 spiro atoms. The fourth-order valence-corrected chi connectivity index (χ4v) is 1.30. The standard InChI is InChI=1S/C10H10N6O2/c1-17-7-3-8(18-2)15-10(14-7)16-9(12)6(4-11)5-13-16/h3,5H,12H2,1-2H3. The average molecular weight is 246 g/mol. The van der Waals surface area contributed by atoms with Gasteiger partial charge < -0.3 is 15.2 Å². The first-order valence-corrected chi connectivity index (χ1v) is 4.90. The predicted octanol–water partition coefficient (Wildman–Crippen LogP) is 0.133. The van der Waals surface area contributed by atoms with Crippen LogP contribution in [0.2, 0.25) is 0 Å². The minimum absolute atomic E-state index is 0.160. The highest BCUT2D eigenvalue weighted by Crippen LogP contribution is 2.19. The molecule has 0 radical (unpaired) electrons. The second kappa shape index (κ2) is 4.58. The Labute approximate surface area is 103 Å². The molecule has 0 aliphatic heterocycles. The number of ether oxygens (including phenoxy) is 2. The van der Waals surface area contributed by atoms with Crippen LogP contribution in [-0.2, 0) is 0 Å². The molecular formula is C10H10N6O2. The molecule has 92 valence electrons. The van der Waals surface area contributed by atoms with Gasteiger partial charge in [0.1, 0.15) is 17.5 Å². The minimum atomic E-state index is 0.160. The van der Waals surface area contributed by atoms with Crippen LogP contribution in [0.3, 0.4) is 0 Å². The molecule has 2 rings (SSSR count). The molecule has 0 unspecified atom stereocenters. The van der Waals surface area contributed by atoms with Gasteiger partial charge in [0.15, 0.2) is 0 Å². The molecule has 2 N–H and O–H groups in total. The Hall–Kier alpha value is -2.82. The molecule has 0 aromatic carbocycles. The summed E-state index contributed by atoms with van der Waals surface area (Å²) in [6, 6.07) is 3.44. The third kappa shape index (κ3) is 1.89. The van der Waals surface area contributed by atoms with Crippen LogP contribution < -0.4 is 15.2 Å². The van der Waals surface area contributed by atoms with E-state index >= 15 is 0 Å². The van der Waals surface area contributed by atoms with Crippen LogP contribution in [0.5, 0.6) is 11.8 Å². The van der Waals surface area contributed by atoms with Gasteiger partial charge in [-0.05, 0) is 0 Å². The van der Waals surface area contributed by atoms with Crippen molar-refractivity contribution in [2.45, 2.75) is 0 Å². The normalized spacial score (nSPS) is 9.83. The number of nitriles is 1. The Balaban J connectivity index is 2.56. The highest BCUT2D eigenvalue weighted by molar-refractivity contribution is 5.50. The van der Waals surface area contributed by atoms with E-state index < -0.39 is 0 Å². The van der Waals surface area contributed by atoms with Crippen molar-refractivity contribution in [2.24, 2.45) is 0 Å². The average Bonchev–Trinajstić information content (AvgIpc) is 2.79. The third-order valence-corrected chi connectivity index (χ3v) is 2.20. The van der Waals surface area contributed by atoms with Gasteiger partial charge in [-0.3, -0.25) is 0 Å². The Kier molecular flexibility index (Phi) is 2.97. The molecule has 0 saturated heterocycles. The van der Waals surface area contributed by atoms with Crippen molar-refractivity contribution in [3.8, 4) is 23.8 Å². The summed E-state index contributed by atoms with van der Waals surface area (Å²) in [4.78, 5) is 8.15. The third-order valence-electron chi connectivity index (χ3n) is 2.20. The maximum absolute atomic E-state index is 8.81. The molecule has 2 aromatic rings. The number of nitrogens with zero attached hydrogens (tertiary/aromatic N) is 5. The smallest absolute Gasteiger partial charge is 0.259 e. The molecule has 0 amide bonds. The van der Waals surface area contributed by atoms with Crippen LogP contribution in [0.25, 0.3) is 5.95 Å². The first kappa shape index (κ1) is 11.7. The van der Waals surface area contributed by atoms with Crippen LogP contribution in [0.4, 0.5) is 5.82 Å². The Morgan fingerprint density at radius 1 is 1.28 bits per heavy atom. The molecule has 18 heavy (non-hydrogen) atoms. The van der Waals surface area contributed by atoms with Crippen LogP contribution in [0.15, 0.2) is 12.3 Å². The summed E-state index contributed by atoms with van der Waals surface area (Å²) in [7, 11) is 2.94. The zero-order valence-electron chi connectivity index (χ0n) is 9.78. The molecule has 0 fully saturated rings. The molecule has 8 heteroatoms. The van der Waals surface area contributed by atoms with E-state index in [1.54, 1.807) is 0 Å². The molecule has 0 bridgehead atoms. The topological polar surface area (TPSA) is 112 Å². The van der Waals surface area contributed by atoms with Gasteiger partial charge in [-0.2, -0.15) is 25.0 Å². The van der Waals surface area contributed by atoms with E-state index in [2.05, 4.69) is 15.1 Å². The monoisotopic (exact) mass is 246 g/mol. The van der Waals surface area contributed by atoms with E-state index in [0.717, 1.165) is 0 Å². The van der Waals surface area contributed by atoms with Crippen LogP contribution in [0.1, 0.15) is 5.56 Å². The summed E-state index contributed by atoms with van der Waals surface area (Å²) >= 11 is 0.